The van der Waals surface area contributed by atoms with E-state index in [1.165, 1.54) is 4.90 Å². The van der Waals surface area contributed by atoms with Crippen LogP contribution >= 0.6 is 24.0 Å². The van der Waals surface area contributed by atoms with Gasteiger partial charge in [-0.05, 0) is 18.6 Å². The lowest BCUT2D eigenvalue weighted by Gasteiger charge is -2.19. The van der Waals surface area contributed by atoms with Crippen LogP contribution in [0, 0.1) is 0 Å². The summed E-state index contributed by atoms with van der Waals surface area (Å²) in [6.45, 7) is 0.315. The number of aliphatic imine (C=N–C) groups is 1. The number of nitrogens with zero attached hydrogens (tertiary/aromatic N) is 2. The molecule has 26 heavy (non-hydrogen) atoms. The van der Waals surface area contributed by atoms with E-state index in [9.17, 15) is 17.4 Å². The first-order chi connectivity index (χ1) is 11.9. The van der Waals surface area contributed by atoms with Crippen molar-refractivity contribution in [1.29, 1.82) is 0 Å². The van der Waals surface area contributed by atoms with Crippen LogP contribution in [0.5, 0.6) is 0 Å². The zero-order chi connectivity index (χ0) is 18.3. The summed E-state index contributed by atoms with van der Waals surface area (Å²) in [6.07, 6.45) is -3.54. The van der Waals surface area contributed by atoms with Gasteiger partial charge in [-0.25, -0.2) is 0 Å². The Labute approximate surface area is 171 Å². The molecule has 1 aromatic rings. The number of hydrogen-bond acceptors (Lipinski definition) is 3. The second-order valence-electron chi connectivity index (χ2n) is 5.84. The van der Waals surface area contributed by atoms with Crippen LogP contribution in [0.3, 0.4) is 0 Å². The molecule has 0 aromatic heterocycles. The van der Waals surface area contributed by atoms with Crippen LogP contribution in [0.4, 0.5) is 13.2 Å². The predicted molar refractivity (Wildman–Crippen MR) is 109 cm³/mol. The third-order valence-corrected chi connectivity index (χ3v) is 5.20. The number of alkyl halides is 3. The largest absolute Gasteiger partial charge is 0.401 e. The zero-order valence-corrected chi connectivity index (χ0v) is 17.6. The first kappa shape index (κ1) is 23.2. The molecule has 2 atom stereocenters. The van der Waals surface area contributed by atoms with E-state index >= 15 is 0 Å². The van der Waals surface area contributed by atoms with Crippen LogP contribution in [-0.4, -0.2) is 66.3 Å². The van der Waals surface area contributed by atoms with Crippen molar-refractivity contribution in [2.24, 2.45) is 4.99 Å². The molecule has 2 rings (SSSR count). The number of guanidine groups is 1. The molecule has 0 aliphatic carbocycles. The Bertz CT molecular complexity index is 601. The summed E-state index contributed by atoms with van der Waals surface area (Å²) in [5, 5.41) is 6.19. The van der Waals surface area contributed by atoms with Gasteiger partial charge in [0.25, 0.3) is 0 Å². The smallest absolute Gasteiger partial charge is 0.355 e. The van der Waals surface area contributed by atoms with Gasteiger partial charge in [-0.15, -0.1) is 24.0 Å². The van der Waals surface area contributed by atoms with Crippen molar-refractivity contribution in [2.75, 3.05) is 39.0 Å². The highest BCUT2D eigenvalue weighted by molar-refractivity contribution is 14.0. The summed E-state index contributed by atoms with van der Waals surface area (Å²) in [7, 11) is 0.502. The molecule has 148 valence electrons. The van der Waals surface area contributed by atoms with E-state index < -0.39 is 23.5 Å². The number of rotatable bonds is 6. The maximum atomic E-state index is 12.4. The summed E-state index contributed by atoms with van der Waals surface area (Å²) in [5.41, 5.74) is 0. The fourth-order valence-corrected chi connectivity index (χ4v) is 3.67. The second kappa shape index (κ2) is 11.1. The Morgan fingerprint density at radius 1 is 1.35 bits per heavy atom. The molecule has 2 unspecified atom stereocenters. The van der Waals surface area contributed by atoms with Crippen LogP contribution in [-0.2, 0) is 10.8 Å². The topological polar surface area (TPSA) is 56.7 Å². The van der Waals surface area contributed by atoms with Crippen molar-refractivity contribution < 1.29 is 17.4 Å². The molecule has 1 fully saturated rings. The van der Waals surface area contributed by atoms with E-state index in [0.717, 1.165) is 4.90 Å². The average Bonchev–Trinajstić information content (AvgIpc) is 2.99. The molecule has 1 saturated heterocycles. The van der Waals surface area contributed by atoms with Gasteiger partial charge >= 0.3 is 6.18 Å². The molecule has 0 amide bonds. The molecular formula is C16H24F3IN4OS. The Kier molecular flexibility index (Phi) is 9.86. The van der Waals surface area contributed by atoms with Crippen molar-refractivity contribution in [3.63, 3.8) is 0 Å². The number of nitrogens with one attached hydrogen (secondary N) is 2. The molecule has 1 heterocycles. The van der Waals surface area contributed by atoms with Gasteiger partial charge in [-0.1, -0.05) is 18.2 Å². The van der Waals surface area contributed by atoms with Gasteiger partial charge in [0.2, 0.25) is 0 Å². The first-order valence-electron chi connectivity index (χ1n) is 8.07. The minimum atomic E-state index is -4.17. The second-order valence-corrected chi connectivity index (χ2v) is 7.41. The van der Waals surface area contributed by atoms with E-state index in [0.29, 0.717) is 37.8 Å². The minimum Gasteiger partial charge on any atom is -0.355 e. The van der Waals surface area contributed by atoms with Gasteiger partial charge < -0.3 is 10.6 Å². The highest BCUT2D eigenvalue weighted by atomic mass is 127. The fraction of sp³-hybridized carbons (Fsp3) is 0.562. The van der Waals surface area contributed by atoms with Gasteiger partial charge in [-0.3, -0.25) is 14.1 Å². The van der Waals surface area contributed by atoms with E-state index in [4.69, 9.17) is 0 Å². The van der Waals surface area contributed by atoms with Crippen LogP contribution in [0.25, 0.3) is 0 Å². The van der Waals surface area contributed by atoms with Gasteiger partial charge in [0.1, 0.15) is 0 Å². The molecule has 0 saturated carbocycles. The van der Waals surface area contributed by atoms with Crippen molar-refractivity contribution in [3.05, 3.63) is 30.3 Å². The lowest BCUT2D eigenvalue weighted by molar-refractivity contribution is -0.143. The van der Waals surface area contributed by atoms with Crippen LogP contribution in [0.15, 0.2) is 40.2 Å². The van der Waals surface area contributed by atoms with Crippen LogP contribution in [0.1, 0.15) is 6.42 Å². The van der Waals surface area contributed by atoms with Crippen molar-refractivity contribution >= 4 is 40.7 Å². The quantitative estimate of drug-likeness (QED) is 0.355. The van der Waals surface area contributed by atoms with Gasteiger partial charge in [0.05, 0.1) is 17.3 Å². The van der Waals surface area contributed by atoms with Crippen LogP contribution < -0.4 is 10.6 Å². The normalized spacial score (nSPS) is 19.7. The molecule has 5 nitrogen and oxygen atoms in total. The molecule has 2 N–H and O–H groups in total. The highest BCUT2D eigenvalue weighted by Crippen LogP contribution is 2.19. The van der Waals surface area contributed by atoms with Gasteiger partial charge in [-0.2, -0.15) is 13.2 Å². The standard InChI is InChI=1S/C16H23F3N4OS.HI/c1-20-15(21-8-10-25(24)14-5-3-2-4-6-14)22-13-7-9-23(11-13)12-16(17,18)19;/h2-6,13H,7-12H2,1H3,(H2,20,21,22);1H. The average molecular weight is 504 g/mol. The Hall–Kier alpha value is -0.880. The Balaban J connectivity index is 0.00000338. The number of benzene rings is 1. The predicted octanol–water partition coefficient (Wildman–Crippen LogP) is 2.21. The van der Waals surface area contributed by atoms with E-state index in [-0.39, 0.29) is 30.0 Å². The van der Waals surface area contributed by atoms with Crippen molar-refractivity contribution in [3.8, 4) is 0 Å². The summed E-state index contributed by atoms with van der Waals surface area (Å²) < 4.78 is 49.4. The summed E-state index contributed by atoms with van der Waals surface area (Å²) in [6, 6.07) is 9.11. The molecule has 1 aromatic carbocycles. The van der Waals surface area contributed by atoms with Gasteiger partial charge in [0, 0.05) is 43.4 Å². The molecule has 0 bridgehead atoms. The van der Waals surface area contributed by atoms with Crippen molar-refractivity contribution in [1.82, 2.24) is 15.5 Å². The molecule has 0 radical (unpaired) electrons. The third-order valence-electron chi connectivity index (χ3n) is 3.83. The monoisotopic (exact) mass is 504 g/mol. The highest BCUT2D eigenvalue weighted by Gasteiger charge is 2.34. The van der Waals surface area contributed by atoms with E-state index in [1.807, 2.05) is 30.3 Å². The number of likely N-dealkylation sites (tertiary alicyclic amines) is 1. The van der Waals surface area contributed by atoms with Crippen molar-refractivity contribution in [2.45, 2.75) is 23.5 Å². The third kappa shape index (κ3) is 8.21. The lowest BCUT2D eigenvalue weighted by atomic mass is 10.3. The maximum Gasteiger partial charge on any atom is 0.401 e. The number of hydrogen-bond donors (Lipinski definition) is 2. The molecule has 1 aliphatic rings. The molecule has 10 heteroatoms. The molecular weight excluding hydrogens is 480 g/mol. The fourth-order valence-electron chi connectivity index (χ4n) is 2.69. The minimum absolute atomic E-state index is 0. The maximum absolute atomic E-state index is 12.4. The summed E-state index contributed by atoms with van der Waals surface area (Å²) >= 11 is 0. The van der Waals surface area contributed by atoms with E-state index in [1.54, 1.807) is 7.05 Å². The van der Waals surface area contributed by atoms with E-state index in [2.05, 4.69) is 15.6 Å². The number of halogens is 4. The SMILES string of the molecule is CN=C(NCCS(=O)c1ccccc1)NC1CCN(CC(F)(F)F)C1.I. The van der Waals surface area contributed by atoms with Gasteiger partial charge in [0.15, 0.2) is 5.96 Å². The van der Waals surface area contributed by atoms with Crippen LogP contribution in [0.2, 0.25) is 0 Å². The zero-order valence-electron chi connectivity index (χ0n) is 14.5. The Morgan fingerprint density at radius 3 is 2.65 bits per heavy atom. The lowest BCUT2D eigenvalue weighted by Crippen LogP contribution is -2.46. The summed E-state index contributed by atoms with van der Waals surface area (Å²) in [5.74, 6) is 0.944. The molecule has 0 spiro atoms. The molecule has 1 aliphatic heterocycles. The first-order valence-corrected chi connectivity index (χ1v) is 9.39. The Morgan fingerprint density at radius 2 is 2.04 bits per heavy atom. The summed E-state index contributed by atoms with van der Waals surface area (Å²) in [4.78, 5) is 6.23.